The third-order valence-electron chi connectivity index (χ3n) is 3.29. The zero-order valence-corrected chi connectivity index (χ0v) is 12.6. The second kappa shape index (κ2) is 5.26. The van der Waals surface area contributed by atoms with Crippen LogP contribution in [0.1, 0.15) is 11.1 Å². The van der Waals surface area contributed by atoms with Gasteiger partial charge in [0.1, 0.15) is 0 Å². The topological polar surface area (TPSA) is 48.1 Å². The van der Waals surface area contributed by atoms with Gasteiger partial charge in [-0.3, -0.25) is 0 Å². The van der Waals surface area contributed by atoms with Crippen LogP contribution in [0.5, 0.6) is 11.6 Å². The third-order valence-corrected chi connectivity index (χ3v) is 3.53. The standard InChI is InChI=1S/C17H15ClN2O/c1-10-3-6-16(14(19)7-10)21-17-11(2)8-12-9-13(18)4-5-15(12)20-17/h3-9H,19H2,1-2H3. The van der Waals surface area contributed by atoms with Crippen molar-refractivity contribution in [1.82, 2.24) is 4.98 Å². The van der Waals surface area contributed by atoms with Gasteiger partial charge < -0.3 is 10.5 Å². The minimum absolute atomic E-state index is 0.556. The van der Waals surface area contributed by atoms with Crippen LogP contribution in [0.4, 0.5) is 5.69 Å². The Balaban J connectivity index is 2.04. The molecule has 0 amide bonds. The summed E-state index contributed by atoms with van der Waals surface area (Å²) in [6, 6.07) is 13.3. The summed E-state index contributed by atoms with van der Waals surface area (Å²) in [5.74, 6) is 1.17. The molecule has 1 heterocycles. The molecule has 0 aliphatic rings. The summed E-state index contributed by atoms with van der Waals surface area (Å²) in [4.78, 5) is 4.54. The molecule has 0 radical (unpaired) electrons. The van der Waals surface area contributed by atoms with Crippen LogP contribution >= 0.6 is 11.6 Å². The van der Waals surface area contributed by atoms with Crippen LogP contribution in [0.15, 0.2) is 42.5 Å². The van der Waals surface area contributed by atoms with Gasteiger partial charge in [0.15, 0.2) is 5.75 Å². The van der Waals surface area contributed by atoms with Crippen LogP contribution in [-0.4, -0.2) is 4.98 Å². The molecular formula is C17H15ClN2O. The summed E-state index contributed by atoms with van der Waals surface area (Å²) in [6.45, 7) is 3.94. The number of aryl methyl sites for hydroxylation is 2. The van der Waals surface area contributed by atoms with E-state index in [1.807, 2.05) is 56.3 Å². The highest BCUT2D eigenvalue weighted by atomic mass is 35.5. The van der Waals surface area contributed by atoms with Crippen LogP contribution in [-0.2, 0) is 0 Å². The summed E-state index contributed by atoms with van der Waals surface area (Å²) < 4.78 is 5.86. The van der Waals surface area contributed by atoms with Gasteiger partial charge >= 0.3 is 0 Å². The maximum absolute atomic E-state index is 6.00. The first-order valence-electron chi connectivity index (χ1n) is 6.64. The van der Waals surface area contributed by atoms with E-state index in [2.05, 4.69) is 4.98 Å². The van der Waals surface area contributed by atoms with Crippen molar-refractivity contribution in [3.63, 3.8) is 0 Å². The fourth-order valence-corrected chi connectivity index (χ4v) is 2.38. The summed E-state index contributed by atoms with van der Waals surface area (Å²) in [7, 11) is 0. The van der Waals surface area contributed by atoms with Gasteiger partial charge in [-0.15, -0.1) is 0 Å². The van der Waals surface area contributed by atoms with Crippen molar-refractivity contribution in [1.29, 1.82) is 0 Å². The predicted molar refractivity (Wildman–Crippen MR) is 87.2 cm³/mol. The maximum Gasteiger partial charge on any atom is 0.222 e. The van der Waals surface area contributed by atoms with Crippen molar-refractivity contribution in [2.75, 3.05) is 5.73 Å². The van der Waals surface area contributed by atoms with Gasteiger partial charge in [-0.05, 0) is 55.8 Å². The highest BCUT2D eigenvalue weighted by Gasteiger charge is 2.08. The van der Waals surface area contributed by atoms with Gasteiger partial charge in [0.25, 0.3) is 0 Å². The zero-order valence-electron chi connectivity index (χ0n) is 11.9. The molecule has 0 atom stereocenters. The van der Waals surface area contributed by atoms with Gasteiger partial charge in [-0.25, -0.2) is 4.98 Å². The first-order chi connectivity index (χ1) is 10.0. The first-order valence-corrected chi connectivity index (χ1v) is 7.01. The average Bonchev–Trinajstić information content (AvgIpc) is 2.42. The van der Waals surface area contributed by atoms with Gasteiger partial charge in [-0.2, -0.15) is 0 Å². The fraction of sp³-hybridized carbons (Fsp3) is 0.118. The Morgan fingerprint density at radius 2 is 1.86 bits per heavy atom. The number of rotatable bonds is 2. The number of aromatic nitrogens is 1. The fourth-order valence-electron chi connectivity index (χ4n) is 2.20. The lowest BCUT2D eigenvalue weighted by molar-refractivity contribution is 0.463. The van der Waals surface area contributed by atoms with Gasteiger partial charge in [-0.1, -0.05) is 17.7 Å². The molecule has 4 heteroatoms. The molecule has 106 valence electrons. The van der Waals surface area contributed by atoms with Crippen LogP contribution in [0.3, 0.4) is 0 Å². The summed E-state index contributed by atoms with van der Waals surface area (Å²) in [5.41, 5.74) is 9.45. The molecule has 3 nitrogen and oxygen atoms in total. The first kappa shape index (κ1) is 13.7. The van der Waals surface area contributed by atoms with Crippen molar-refractivity contribution < 1.29 is 4.74 Å². The summed E-state index contributed by atoms with van der Waals surface area (Å²) in [6.07, 6.45) is 0. The molecule has 0 aliphatic carbocycles. The van der Waals surface area contributed by atoms with Crippen LogP contribution in [0.25, 0.3) is 10.9 Å². The number of nitrogen functional groups attached to an aromatic ring is 1. The normalized spacial score (nSPS) is 10.8. The number of anilines is 1. The highest BCUT2D eigenvalue weighted by Crippen LogP contribution is 2.31. The van der Waals surface area contributed by atoms with E-state index >= 15 is 0 Å². The van der Waals surface area contributed by atoms with Crippen LogP contribution in [0, 0.1) is 13.8 Å². The number of nitrogens with two attached hydrogens (primary N) is 1. The highest BCUT2D eigenvalue weighted by molar-refractivity contribution is 6.31. The van der Waals surface area contributed by atoms with E-state index < -0.39 is 0 Å². The molecule has 0 bridgehead atoms. The second-order valence-electron chi connectivity index (χ2n) is 5.09. The van der Waals surface area contributed by atoms with E-state index in [0.29, 0.717) is 22.3 Å². The van der Waals surface area contributed by atoms with Gasteiger partial charge in [0.2, 0.25) is 5.88 Å². The molecule has 2 N–H and O–H groups in total. The molecule has 0 unspecified atom stereocenters. The van der Waals surface area contributed by atoms with Crippen molar-refractivity contribution >= 4 is 28.2 Å². The maximum atomic E-state index is 6.00. The van der Waals surface area contributed by atoms with E-state index in [1.165, 1.54) is 0 Å². The molecule has 1 aromatic heterocycles. The number of ether oxygens (including phenoxy) is 1. The third kappa shape index (κ3) is 2.78. The van der Waals surface area contributed by atoms with Crippen molar-refractivity contribution in [2.45, 2.75) is 13.8 Å². The Bertz CT molecular complexity index is 830. The Morgan fingerprint density at radius 3 is 2.62 bits per heavy atom. The quantitative estimate of drug-likeness (QED) is 0.686. The molecular weight excluding hydrogens is 284 g/mol. The van der Waals surface area contributed by atoms with E-state index in [9.17, 15) is 0 Å². The minimum atomic E-state index is 0.556. The van der Waals surface area contributed by atoms with E-state index in [-0.39, 0.29) is 0 Å². The SMILES string of the molecule is Cc1ccc(Oc2nc3ccc(Cl)cc3cc2C)c(N)c1. The molecule has 0 fully saturated rings. The Morgan fingerprint density at radius 1 is 1.05 bits per heavy atom. The number of pyridine rings is 1. The summed E-state index contributed by atoms with van der Waals surface area (Å²) in [5, 5.41) is 1.68. The lowest BCUT2D eigenvalue weighted by Gasteiger charge is -2.11. The Kier molecular flexibility index (Phi) is 3.43. The lowest BCUT2D eigenvalue weighted by atomic mass is 10.1. The molecule has 0 spiro atoms. The van der Waals surface area contributed by atoms with E-state index in [4.69, 9.17) is 22.1 Å². The number of fused-ring (bicyclic) bond motifs is 1. The molecule has 0 saturated heterocycles. The smallest absolute Gasteiger partial charge is 0.222 e. The molecule has 2 aromatic carbocycles. The summed E-state index contributed by atoms with van der Waals surface area (Å²) >= 11 is 6.00. The van der Waals surface area contributed by atoms with E-state index in [1.54, 1.807) is 0 Å². The largest absolute Gasteiger partial charge is 0.437 e. The number of halogens is 1. The number of benzene rings is 2. The van der Waals surface area contributed by atoms with Gasteiger partial charge in [0.05, 0.1) is 11.2 Å². The average molecular weight is 299 g/mol. The van der Waals surface area contributed by atoms with Crippen LogP contribution < -0.4 is 10.5 Å². The molecule has 0 saturated carbocycles. The van der Waals surface area contributed by atoms with Crippen molar-refractivity contribution in [2.24, 2.45) is 0 Å². The van der Waals surface area contributed by atoms with E-state index in [0.717, 1.165) is 22.0 Å². The van der Waals surface area contributed by atoms with Crippen molar-refractivity contribution in [3.05, 3.63) is 58.6 Å². The number of hydrogen-bond donors (Lipinski definition) is 1. The monoisotopic (exact) mass is 298 g/mol. The lowest BCUT2D eigenvalue weighted by Crippen LogP contribution is -1.96. The van der Waals surface area contributed by atoms with Crippen molar-refractivity contribution in [3.8, 4) is 11.6 Å². The molecule has 3 rings (SSSR count). The Labute approximate surface area is 128 Å². The predicted octanol–water partition coefficient (Wildman–Crippen LogP) is 4.88. The Hall–Kier alpha value is -2.26. The number of hydrogen-bond acceptors (Lipinski definition) is 3. The zero-order chi connectivity index (χ0) is 15.0. The molecule has 0 aliphatic heterocycles. The van der Waals surface area contributed by atoms with Crippen LogP contribution in [0.2, 0.25) is 5.02 Å². The van der Waals surface area contributed by atoms with Gasteiger partial charge in [0, 0.05) is 16.0 Å². The molecule has 21 heavy (non-hydrogen) atoms. The second-order valence-corrected chi connectivity index (χ2v) is 5.53. The minimum Gasteiger partial charge on any atom is -0.437 e. The number of nitrogens with zero attached hydrogens (tertiary/aromatic N) is 1. The molecule has 3 aromatic rings.